The van der Waals surface area contributed by atoms with Crippen LogP contribution in [0.3, 0.4) is 0 Å². The molecule has 0 aliphatic carbocycles. The van der Waals surface area contributed by atoms with Crippen molar-refractivity contribution in [2.75, 3.05) is 26.7 Å². The Morgan fingerprint density at radius 1 is 1.71 bits per heavy atom. The van der Waals surface area contributed by atoms with E-state index in [0.717, 1.165) is 26.1 Å². The summed E-state index contributed by atoms with van der Waals surface area (Å²) in [7, 11) is 1.84. The van der Waals surface area contributed by atoms with Gasteiger partial charge < -0.3 is 15.0 Å². The van der Waals surface area contributed by atoms with Gasteiger partial charge in [-0.3, -0.25) is 4.79 Å². The summed E-state index contributed by atoms with van der Waals surface area (Å²) < 4.78 is 5.38. The van der Waals surface area contributed by atoms with Crippen LogP contribution in [0.25, 0.3) is 0 Å². The summed E-state index contributed by atoms with van der Waals surface area (Å²) in [6, 6.07) is 0.00269. The van der Waals surface area contributed by atoms with Crippen molar-refractivity contribution in [2.45, 2.75) is 32.4 Å². The lowest BCUT2D eigenvalue weighted by atomic mass is 10.2. The fourth-order valence-corrected chi connectivity index (χ4v) is 1.66. The highest BCUT2D eigenvalue weighted by Gasteiger charge is 2.28. The first-order valence-corrected chi connectivity index (χ1v) is 5.25. The molecule has 2 unspecified atom stereocenters. The van der Waals surface area contributed by atoms with E-state index in [0.29, 0.717) is 0 Å². The van der Waals surface area contributed by atoms with Crippen molar-refractivity contribution in [3.05, 3.63) is 0 Å². The summed E-state index contributed by atoms with van der Waals surface area (Å²) in [6.45, 7) is 6.32. The average molecular weight is 200 g/mol. The minimum absolute atomic E-state index is 0.00269. The zero-order chi connectivity index (χ0) is 10.6. The molecule has 0 saturated carbocycles. The molecular formula is C10H20N2O2. The van der Waals surface area contributed by atoms with Crippen LogP contribution < -0.4 is 5.32 Å². The zero-order valence-corrected chi connectivity index (χ0v) is 9.25. The largest absolute Gasteiger partial charge is 0.377 e. The molecule has 0 aromatic rings. The Hall–Kier alpha value is -0.610. The number of ether oxygens (including phenoxy) is 1. The highest BCUT2D eigenvalue weighted by Crippen LogP contribution is 2.08. The van der Waals surface area contributed by atoms with Gasteiger partial charge in [0.25, 0.3) is 0 Å². The molecule has 0 radical (unpaired) electrons. The van der Waals surface area contributed by atoms with Crippen molar-refractivity contribution in [1.29, 1.82) is 0 Å². The van der Waals surface area contributed by atoms with Crippen LogP contribution in [0.5, 0.6) is 0 Å². The van der Waals surface area contributed by atoms with Gasteiger partial charge in [-0.2, -0.15) is 0 Å². The molecule has 14 heavy (non-hydrogen) atoms. The first kappa shape index (κ1) is 11.5. The van der Waals surface area contributed by atoms with Gasteiger partial charge in [0.2, 0.25) is 5.91 Å². The number of rotatable bonds is 5. The van der Waals surface area contributed by atoms with Crippen LogP contribution >= 0.6 is 0 Å². The Bertz CT molecular complexity index is 197. The van der Waals surface area contributed by atoms with Gasteiger partial charge in [-0.1, -0.05) is 0 Å². The molecule has 4 heteroatoms. The third-order valence-electron chi connectivity index (χ3n) is 2.53. The molecule has 0 aromatic heterocycles. The lowest BCUT2D eigenvalue weighted by molar-refractivity contribution is -0.128. The van der Waals surface area contributed by atoms with E-state index in [9.17, 15) is 4.79 Å². The van der Waals surface area contributed by atoms with Crippen LogP contribution in [0, 0.1) is 0 Å². The second kappa shape index (κ2) is 5.32. The van der Waals surface area contributed by atoms with Crippen LogP contribution in [-0.4, -0.2) is 49.7 Å². The molecule has 1 amide bonds. The van der Waals surface area contributed by atoms with E-state index in [1.54, 1.807) is 4.90 Å². The molecule has 1 fully saturated rings. The standard InChI is InChI=1S/C10H20N2O2/c1-4-14-8(2)7-11-9-5-6-12(3)10(9)13/h8-9,11H,4-7H2,1-3H3. The maximum Gasteiger partial charge on any atom is 0.239 e. The maximum absolute atomic E-state index is 11.5. The summed E-state index contributed by atoms with van der Waals surface area (Å²) in [5.41, 5.74) is 0. The first-order valence-electron chi connectivity index (χ1n) is 5.25. The summed E-state index contributed by atoms with van der Waals surface area (Å²) >= 11 is 0. The number of hydrogen-bond donors (Lipinski definition) is 1. The first-order chi connectivity index (χ1) is 6.65. The molecule has 1 aliphatic rings. The minimum atomic E-state index is 0.00269. The molecule has 2 atom stereocenters. The molecule has 1 rings (SSSR count). The van der Waals surface area contributed by atoms with Gasteiger partial charge >= 0.3 is 0 Å². The van der Waals surface area contributed by atoms with Gasteiger partial charge in [0.1, 0.15) is 0 Å². The molecule has 82 valence electrons. The lowest BCUT2D eigenvalue weighted by Crippen LogP contribution is -2.40. The van der Waals surface area contributed by atoms with Crippen molar-refractivity contribution in [1.82, 2.24) is 10.2 Å². The number of likely N-dealkylation sites (N-methyl/N-ethyl adjacent to an activating group) is 1. The van der Waals surface area contributed by atoms with E-state index in [1.807, 2.05) is 20.9 Å². The Balaban J connectivity index is 2.22. The molecule has 1 aliphatic heterocycles. The van der Waals surface area contributed by atoms with Crippen LogP contribution in [-0.2, 0) is 9.53 Å². The maximum atomic E-state index is 11.5. The normalized spacial score (nSPS) is 24.4. The van der Waals surface area contributed by atoms with Crippen molar-refractivity contribution >= 4 is 5.91 Å². The molecule has 1 N–H and O–H groups in total. The summed E-state index contributed by atoms with van der Waals surface area (Å²) in [5, 5.41) is 3.23. The zero-order valence-electron chi connectivity index (χ0n) is 9.25. The van der Waals surface area contributed by atoms with Crippen LogP contribution in [0.2, 0.25) is 0 Å². The average Bonchev–Trinajstić information content (AvgIpc) is 2.46. The number of nitrogens with zero attached hydrogens (tertiary/aromatic N) is 1. The monoisotopic (exact) mass is 200 g/mol. The summed E-state index contributed by atoms with van der Waals surface area (Å²) in [5.74, 6) is 0.202. The molecule has 1 saturated heterocycles. The third kappa shape index (κ3) is 2.96. The quantitative estimate of drug-likeness (QED) is 0.691. The van der Waals surface area contributed by atoms with Gasteiger partial charge in [0.05, 0.1) is 12.1 Å². The van der Waals surface area contributed by atoms with Crippen molar-refractivity contribution in [3.63, 3.8) is 0 Å². The highest BCUT2D eigenvalue weighted by molar-refractivity contribution is 5.83. The van der Waals surface area contributed by atoms with E-state index < -0.39 is 0 Å². The minimum Gasteiger partial charge on any atom is -0.377 e. The van der Waals surface area contributed by atoms with E-state index in [2.05, 4.69) is 5.32 Å². The number of amides is 1. The van der Waals surface area contributed by atoms with Crippen LogP contribution in [0.15, 0.2) is 0 Å². The molecule has 0 bridgehead atoms. The molecular weight excluding hydrogens is 180 g/mol. The Morgan fingerprint density at radius 2 is 2.43 bits per heavy atom. The van der Waals surface area contributed by atoms with E-state index in [1.165, 1.54) is 0 Å². The molecule has 1 heterocycles. The van der Waals surface area contributed by atoms with E-state index in [-0.39, 0.29) is 18.1 Å². The number of carbonyl (C=O) groups is 1. The van der Waals surface area contributed by atoms with Gasteiger partial charge in [0.15, 0.2) is 0 Å². The second-order valence-electron chi connectivity index (χ2n) is 3.78. The molecule has 0 spiro atoms. The summed E-state index contributed by atoms with van der Waals surface area (Å²) in [4.78, 5) is 13.3. The van der Waals surface area contributed by atoms with Gasteiger partial charge in [-0.25, -0.2) is 0 Å². The highest BCUT2D eigenvalue weighted by atomic mass is 16.5. The topological polar surface area (TPSA) is 41.6 Å². The number of hydrogen-bond acceptors (Lipinski definition) is 3. The number of likely N-dealkylation sites (tertiary alicyclic amines) is 1. The van der Waals surface area contributed by atoms with Gasteiger partial charge in [-0.15, -0.1) is 0 Å². The van der Waals surface area contributed by atoms with Crippen molar-refractivity contribution < 1.29 is 9.53 Å². The molecule has 0 aromatic carbocycles. The third-order valence-corrected chi connectivity index (χ3v) is 2.53. The number of nitrogens with one attached hydrogen (secondary N) is 1. The Labute approximate surface area is 85.6 Å². The predicted octanol–water partition coefficient (Wildman–Crippen LogP) is 0.232. The van der Waals surface area contributed by atoms with Crippen LogP contribution in [0.1, 0.15) is 20.3 Å². The Kier molecular flexibility index (Phi) is 4.35. The van der Waals surface area contributed by atoms with Crippen LogP contribution in [0.4, 0.5) is 0 Å². The number of carbonyl (C=O) groups excluding carboxylic acids is 1. The van der Waals surface area contributed by atoms with E-state index in [4.69, 9.17) is 4.74 Å². The predicted molar refractivity (Wildman–Crippen MR) is 55.1 cm³/mol. The molecule has 4 nitrogen and oxygen atoms in total. The van der Waals surface area contributed by atoms with Gasteiger partial charge in [-0.05, 0) is 20.3 Å². The SMILES string of the molecule is CCOC(C)CNC1CCN(C)C1=O. The fraction of sp³-hybridized carbons (Fsp3) is 0.900. The van der Waals surface area contributed by atoms with Gasteiger partial charge in [0, 0.05) is 26.7 Å². The lowest BCUT2D eigenvalue weighted by Gasteiger charge is -2.16. The van der Waals surface area contributed by atoms with Crippen molar-refractivity contribution in [3.8, 4) is 0 Å². The smallest absolute Gasteiger partial charge is 0.239 e. The van der Waals surface area contributed by atoms with Crippen molar-refractivity contribution in [2.24, 2.45) is 0 Å². The van der Waals surface area contributed by atoms with E-state index >= 15 is 0 Å². The Morgan fingerprint density at radius 3 is 2.93 bits per heavy atom. The second-order valence-corrected chi connectivity index (χ2v) is 3.78. The fourth-order valence-electron chi connectivity index (χ4n) is 1.66. The summed E-state index contributed by atoms with van der Waals surface area (Å²) in [6.07, 6.45) is 1.09.